The van der Waals surface area contributed by atoms with E-state index in [9.17, 15) is 23.3 Å². The summed E-state index contributed by atoms with van der Waals surface area (Å²) in [5.41, 5.74) is 3.64. The highest BCUT2D eigenvalue weighted by Crippen LogP contribution is 2.36. The van der Waals surface area contributed by atoms with Crippen LogP contribution >= 0.6 is 0 Å². The lowest BCUT2D eigenvalue weighted by Gasteiger charge is -2.11. The zero-order valence-electron chi connectivity index (χ0n) is 10.8. The zero-order chi connectivity index (χ0) is 16.5. The van der Waals surface area contributed by atoms with E-state index < -0.39 is 28.0 Å². The maximum Gasteiger partial charge on any atom is 0.416 e. The summed E-state index contributed by atoms with van der Waals surface area (Å²) in [5.74, 6) is 0. The van der Waals surface area contributed by atoms with Gasteiger partial charge >= 0.3 is 11.9 Å². The van der Waals surface area contributed by atoms with Crippen LogP contribution in [0.3, 0.4) is 0 Å². The molecule has 0 aliphatic carbocycles. The molecule has 1 heterocycles. The van der Waals surface area contributed by atoms with E-state index in [0.717, 1.165) is 30.5 Å². The lowest BCUT2D eigenvalue weighted by atomic mass is 10.0. The van der Waals surface area contributed by atoms with E-state index in [4.69, 9.17) is 11.0 Å². The highest BCUT2D eigenvalue weighted by atomic mass is 19.4. The molecule has 22 heavy (non-hydrogen) atoms. The molecular formula is C13H7F3N4O2. The van der Waals surface area contributed by atoms with Gasteiger partial charge in [-0.2, -0.15) is 18.4 Å². The molecule has 0 radical (unpaired) electrons. The lowest BCUT2D eigenvalue weighted by Crippen LogP contribution is -2.06. The minimum absolute atomic E-state index is 0.00815. The van der Waals surface area contributed by atoms with Gasteiger partial charge in [0.1, 0.15) is 6.07 Å². The van der Waals surface area contributed by atoms with Crippen molar-refractivity contribution in [1.29, 1.82) is 5.26 Å². The monoisotopic (exact) mass is 308 g/mol. The quantitative estimate of drug-likeness (QED) is 0.521. The molecule has 6 nitrogen and oxygen atoms in total. The Morgan fingerprint density at radius 3 is 2.55 bits per heavy atom. The van der Waals surface area contributed by atoms with Gasteiger partial charge in [0.15, 0.2) is 0 Å². The molecule has 0 atom stereocenters. The Kier molecular flexibility index (Phi) is 3.69. The van der Waals surface area contributed by atoms with E-state index >= 15 is 0 Å². The summed E-state index contributed by atoms with van der Waals surface area (Å²) in [6.07, 6.45) is -3.51. The van der Waals surface area contributed by atoms with E-state index in [0.29, 0.717) is 0 Å². The molecule has 112 valence electrons. The van der Waals surface area contributed by atoms with Crippen LogP contribution in [0.25, 0.3) is 11.1 Å². The predicted octanol–water partition coefficient (Wildman–Crippen LogP) is 3.13. The number of pyridine rings is 1. The Labute approximate surface area is 121 Å². The van der Waals surface area contributed by atoms with Crippen molar-refractivity contribution >= 4 is 11.4 Å². The molecule has 1 aromatic heterocycles. The largest absolute Gasteiger partial charge is 0.416 e. The summed E-state index contributed by atoms with van der Waals surface area (Å²) in [6, 6.07) is 5.16. The number of nitrogens with zero attached hydrogens (tertiary/aromatic N) is 3. The normalized spacial score (nSPS) is 11.0. The van der Waals surface area contributed by atoms with Crippen LogP contribution in [0, 0.1) is 21.4 Å². The average molecular weight is 308 g/mol. The van der Waals surface area contributed by atoms with Crippen LogP contribution in [0.2, 0.25) is 0 Å². The van der Waals surface area contributed by atoms with Crippen LogP contribution in [-0.2, 0) is 6.18 Å². The fourth-order valence-corrected chi connectivity index (χ4v) is 1.81. The molecule has 0 amide bonds. The number of nitro groups is 1. The van der Waals surface area contributed by atoms with E-state index in [2.05, 4.69) is 4.98 Å². The minimum atomic E-state index is -4.57. The van der Waals surface area contributed by atoms with Crippen molar-refractivity contribution in [3.63, 3.8) is 0 Å². The van der Waals surface area contributed by atoms with Crippen molar-refractivity contribution in [2.75, 3.05) is 5.73 Å². The van der Waals surface area contributed by atoms with Gasteiger partial charge in [0, 0.05) is 29.1 Å². The van der Waals surface area contributed by atoms with E-state index in [1.54, 1.807) is 6.07 Å². The first-order valence-electron chi connectivity index (χ1n) is 5.75. The number of nitrogens with two attached hydrogens (primary N) is 1. The van der Waals surface area contributed by atoms with E-state index in [1.165, 1.54) is 0 Å². The van der Waals surface area contributed by atoms with Gasteiger partial charge in [-0.1, -0.05) is 0 Å². The van der Waals surface area contributed by atoms with Crippen LogP contribution in [0.15, 0.2) is 30.5 Å². The van der Waals surface area contributed by atoms with E-state index in [1.807, 2.05) is 0 Å². The molecule has 0 aliphatic rings. The number of halogens is 3. The Morgan fingerprint density at radius 2 is 2.00 bits per heavy atom. The number of benzene rings is 1. The molecule has 1 aromatic carbocycles. The Morgan fingerprint density at radius 1 is 1.32 bits per heavy atom. The van der Waals surface area contributed by atoms with Crippen molar-refractivity contribution < 1.29 is 18.1 Å². The molecule has 2 rings (SSSR count). The van der Waals surface area contributed by atoms with Gasteiger partial charge in [-0.15, -0.1) is 0 Å². The molecule has 0 fully saturated rings. The number of nitrogen functional groups attached to an aromatic ring is 1. The maximum absolute atomic E-state index is 12.7. The molecule has 0 spiro atoms. The first-order chi connectivity index (χ1) is 10.2. The molecule has 0 bridgehead atoms. The number of hydrogen-bond acceptors (Lipinski definition) is 5. The summed E-state index contributed by atoms with van der Waals surface area (Å²) in [5, 5.41) is 19.6. The van der Waals surface area contributed by atoms with Gasteiger partial charge in [0.2, 0.25) is 5.69 Å². The summed E-state index contributed by atoms with van der Waals surface area (Å²) in [6.45, 7) is 0. The van der Waals surface area contributed by atoms with Crippen molar-refractivity contribution in [2.45, 2.75) is 6.18 Å². The molecule has 2 aromatic rings. The van der Waals surface area contributed by atoms with Crippen LogP contribution in [0.4, 0.5) is 24.5 Å². The van der Waals surface area contributed by atoms with Gasteiger partial charge < -0.3 is 5.73 Å². The van der Waals surface area contributed by atoms with Gasteiger partial charge in [-0.25, -0.2) is 4.98 Å². The van der Waals surface area contributed by atoms with Crippen molar-refractivity contribution in [1.82, 2.24) is 4.98 Å². The summed E-state index contributed by atoms with van der Waals surface area (Å²) in [7, 11) is 0. The number of alkyl halides is 3. The zero-order valence-corrected chi connectivity index (χ0v) is 10.8. The lowest BCUT2D eigenvalue weighted by molar-refractivity contribution is -0.385. The van der Waals surface area contributed by atoms with Crippen molar-refractivity contribution in [3.8, 4) is 17.2 Å². The first kappa shape index (κ1) is 15.2. The molecule has 2 N–H and O–H groups in total. The van der Waals surface area contributed by atoms with Crippen molar-refractivity contribution in [2.24, 2.45) is 0 Å². The number of anilines is 1. The Balaban J connectivity index is 2.65. The molecule has 0 saturated heterocycles. The molecule has 0 aliphatic heterocycles. The number of rotatable bonds is 2. The molecule has 9 heteroatoms. The fourth-order valence-electron chi connectivity index (χ4n) is 1.81. The van der Waals surface area contributed by atoms with Crippen LogP contribution in [0.1, 0.15) is 11.3 Å². The third-order valence-corrected chi connectivity index (χ3v) is 2.86. The van der Waals surface area contributed by atoms with Crippen molar-refractivity contribution in [3.05, 3.63) is 51.8 Å². The van der Waals surface area contributed by atoms with Crippen LogP contribution in [0.5, 0.6) is 0 Å². The highest BCUT2D eigenvalue weighted by molar-refractivity contribution is 5.78. The standard InChI is InChI=1S/C13H7F3N4O2/c14-13(15,16)8-1-2-10(18)9(4-8)7-3-12(20(21)22)11(5-17)19-6-7/h1-4,6H,18H2. The second kappa shape index (κ2) is 5.33. The number of aromatic nitrogens is 1. The Hall–Kier alpha value is -3.15. The van der Waals surface area contributed by atoms with Crippen LogP contribution < -0.4 is 5.73 Å². The average Bonchev–Trinajstić information content (AvgIpc) is 2.45. The number of nitriles is 1. The third kappa shape index (κ3) is 2.80. The second-order valence-corrected chi connectivity index (χ2v) is 4.26. The fraction of sp³-hybridized carbons (Fsp3) is 0.0769. The third-order valence-electron chi connectivity index (χ3n) is 2.86. The first-order valence-corrected chi connectivity index (χ1v) is 5.75. The minimum Gasteiger partial charge on any atom is -0.398 e. The molecule has 0 unspecified atom stereocenters. The maximum atomic E-state index is 12.7. The molecular weight excluding hydrogens is 301 g/mol. The SMILES string of the molecule is N#Cc1ncc(-c2cc(C(F)(F)F)ccc2N)cc1[N+](=O)[O-]. The topological polar surface area (TPSA) is 106 Å². The van der Waals surface area contributed by atoms with Crippen LogP contribution in [-0.4, -0.2) is 9.91 Å². The highest BCUT2D eigenvalue weighted by Gasteiger charge is 2.31. The predicted molar refractivity (Wildman–Crippen MR) is 70.5 cm³/mol. The second-order valence-electron chi connectivity index (χ2n) is 4.26. The van der Waals surface area contributed by atoms with Gasteiger partial charge in [-0.05, 0) is 18.2 Å². The van der Waals surface area contributed by atoms with E-state index in [-0.39, 0.29) is 16.8 Å². The molecule has 0 saturated carbocycles. The van der Waals surface area contributed by atoms with Gasteiger partial charge in [0.25, 0.3) is 0 Å². The summed E-state index contributed by atoms with van der Waals surface area (Å²) in [4.78, 5) is 13.6. The summed E-state index contributed by atoms with van der Waals surface area (Å²) < 4.78 is 38.2. The Bertz CT molecular complexity index is 797. The smallest absolute Gasteiger partial charge is 0.398 e. The summed E-state index contributed by atoms with van der Waals surface area (Å²) >= 11 is 0. The number of hydrogen-bond donors (Lipinski definition) is 1. The van der Waals surface area contributed by atoms with Gasteiger partial charge in [0.05, 0.1) is 10.5 Å². The van der Waals surface area contributed by atoms with Gasteiger partial charge in [-0.3, -0.25) is 10.1 Å².